The molecule has 1 atom stereocenters. The Kier molecular flexibility index (Phi) is 7.19. The molecule has 1 fully saturated rings. The first-order chi connectivity index (χ1) is 17.2. The molecule has 9 heteroatoms. The molecule has 2 amide bonds. The zero-order valence-corrected chi connectivity index (χ0v) is 20.2. The van der Waals surface area contributed by atoms with Gasteiger partial charge in [-0.2, -0.15) is 0 Å². The number of nitrogen functional groups attached to an aromatic ring is 1. The molecule has 1 unspecified atom stereocenters. The maximum absolute atomic E-state index is 12.7. The first-order valence-electron chi connectivity index (χ1n) is 11.8. The second-order valence-electron chi connectivity index (χ2n) is 8.91. The molecule has 0 spiro atoms. The molecule has 0 radical (unpaired) electrons. The summed E-state index contributed by atoms with van der Waals surface area (Å²) in [5, 5.41) is 17.5. The van der Waals surface area contributed by atoms with Gasteiger partial charge in [-0.05, 0) is 72.5 Å². The number of primary amides is 1. The number of carbonyl (C=O) groups is 2. The Balaban J connectivity index is 1.57. The second-order valence-corrected chi connectivity index (χ2v) is 8.91. The smallest absolute Gasteiger partial charge is 0.316 e. The van der Waals surface area contributed by atoms with Gasteiger partial charge in [-0.25, -0.2) is 0 Å². The van der Waals surface area contributed by atoms with Gasteiger partial charge in [0.1, 0.15) is 11.6 Å². The normalized spacial score (nSPS) is 15.4. The Morgan fingerprint density at radius 1 is 1.00 bits per heavy atom. The number of anilines is 1. The van der Waals surface area contributed by atoms with Gasteiger partial charge in [-0.15, -0.1) is 0 Å². The van der Waals surface area contributed by atoms with Crippen molar-refractivity contribution in [1.82, 2.24) is 4.90 Å². The summed E-state index contributed by atoms with van der Waals surface area (Å²) in [6.45, 7) is 2.68. The number of ether oxygens (including phenoxy) is 1. The van der Waals surface area contributed by atoms with Crippen LogP contribution in [-0.2, 0) is 16.1 Å². The highest BCUT2D eigenvalue weighted by molar-refractivity contribution is 6.39. The van der Waals surface area contributed by atoms with Crippen LogP contribution in [0.1, 0.15) is 37.3 Å². The fourth-order valence-corrected chi connectivity index (χ4v) is 4.43. The van der Waals surface area contributed by atoms with E-state index in [-0.39, 0.29) is 18.6 Å². The lowest BCUT2D eigenvalue weighted by Crippen LogP contribution is -2.45. The number of hydrogen-bond acceptors (Lipinski definition) is 5. The van der Waals surface area contributed by atoms with Gasteiger partial charge in [-0.1, -0.05) is 24.3 Å². The predicted molar refractivity (Wildman–Crippen MR) is 140 cm³/mol. The number of nitrogens with two attached hydrogens (primary N) is 2. The molecule has 1 aliphatic heterocycles. The van der Waals surface area contributed by atoms with Crippen LogP contribution in [0.3, 0.4) is 0 Å². The van der Waals surface area contributed by atoms with Crippen molar-refractivity contribution in [2.75, 3.05) is 11.4 Å². The number of piperidine rings is 1. The van der Waals surface area contributed by atoms with Crippen LogP contribution in [0.5, 0.6) is 5.75 Å². The molecule has 1 heterocycles. The number of likely N-dealkylation sites (tertiary alicyclic amines) is 1. The topological polar surface area (TPSA) is 150 Å². The minimum atomic E-state index is -1.05. The van der Waals surface area contributed by atoms with E-state index in [4.69, 9.17) is 27.0 Å². The lowest BCUT2D eigenvalue weighted by molar-refractivity contribution is -0.135. The van der Waals surface area contributed by atoms with E-state index in [9.17, 15) is 9.59 Å². The van der Waals surface area contributed by atoms with E-state index in [0.717, 1.165) is 42.1 Å². The van der Waals surface area contributed by atoms with Crippen molar-refractivity contribution in [2.24, 2.45) is 11.5 Å². The van der Waals surface area contributed by atoms with Crippen molar-refractivity contribution < 1.29 is 14.3 Å². The molecule has 0 saturated carbocycles. The molecule has 0 aliphatic carbocycles. The van der Waals surface area contributed by atoms with Crippen LogP contribution in [0.15, 0.2) is 60.7 Å². The summed E-state index contributed by atoms with van der Waals surface area (Å²) >= 11 is 0. The predicted octanol–water partition coefficient (Wildman–Crippen LogP) is 3.33. The number of amidine groups is 2. The van der Waals surface area contributed by atoms with Crippen LogP contribution < -0.4 is 21.1 Å². The van der Waals surface area contributed by atoms with Gasteiger partial charge in [-0.3, -0.25) is 25.3 Å². The summed E-state index contributed by atoms with van der Waals surface area (Å²) in [7, 11) is 0. The molecule has 1 aliphatic rings. The first kappa shape index (κ1) is 24.7. The minimum absolute atomic E-state index is 0.0257. The van der Waals surface area contributed by atoms with E-state index in [0.29, 0.717) is 22.8 Å². The van der Waals surface area contributed by atoms with Crippen molar-refractivity contribution >= 4 is 39.9 Å². The number of amides is 2. The van der Waals surface area contributed by atoms with Gasteiger partial charge < -0.3 is 21.1 Å². The van der Waals surface area contributed by atoms with Gasteiger partial charge in [0.15, 0.2) is 6.23 Å². The molecule has 9 nitrogen and oxygen atoms in total. The number of benzene rings is 3. The van der Waals surface area contributed by atoms with Gasteiger partial charge in [0.25, 0.3) is 0 Å². The van der Waals surface area contributed by atoms with Gasteiger partial charge in [0, 0.05) is 24.2 Å². The molecule has 6 N–H and O–H groups in total. The zero-order valence-electron chi connectivity index (χ0n) is 20.2. The summed E-state index contributed by atoms with van der Waals surface area (Å²) < 4.78 is 6.13. The third-order valence-electron chi connectivity index (χ3n) is 6.31. The standard InChI is InChI=1S/C27H30N6O3/c1-17(28)32-13-3-2-4-24(32)36-23-11-9-22(10-12-23)33(27(35)26(31)34)16-18-5-6-19-7-8-20(25(29)30)15-21(19)14-18/h5-12,14-15,24,28H,2-4,13,16H2,1H3,(H3,29,30)(H2,31,34). The highest BCUT2D eigenvalue weighted by Crippen LogP contribution is 2.26. The SMILES string of the molecule is CC(=N)N1CCCCC1Oc1ccc(N(Cc2ccc3ccc(C(=N)N)cc3c2)C(=O)C(N)=O)cc1. The van der Waals surface area contributed by atoms with Gasteiger partial charge in [0.05, 0.1) is 12.4 Å². The van der Waals surface area contributed by atoms with Crippen LogP contribution in [0.4, 0.5) is 5.69 Å². The zero-order chi connectivity index (χ0) is 25.8. The molecule has 36 heavy (non-hydrogen) atoms. The van der Waals surface area contributed by atoms with Gasteiger partial charge >= 0.3 is 11.8 Å². The molecular formula is C27H30N6O3. The van der Waals surface area contributed by atoms with Crippen molar-refractivity contribution in [2.45, 2.75) is 39.0 Å². The Bertz CT molecular complexity index is 1320. The average Bonchev–Trinajstić information content (AvgIpc) is 2.87. The largest absolute Gasteiger partial charge is 0.471 e. The minimum Gasteiger partial charge on any atom is -0.471 e. The van der Waals surface area contributed by atoms with Crippen LogP contribution in [0.2, 0.25) is 0 Å². The Morgan fingerprint density at radius 2 is 1.72 bits per heavy atom. The van der Waals surface area contributed by atoms with E-state index >= 15 is 0 Å². The van der Waals surface area contributed by atoms with Crippen molar-refractivity contribution in [3.63, 3.8) is 0 Å². The van der Waals surface area contributed by atoms with Crippen molar-refractivity contribution in [3.05, 3.63) is 71.8 Å². The number of nitrogens with zero attached hydrogens (tertiary/aromatic N) is 2. The Morgan fingerprint density at radius 3 is 2.39 bits per heavy atom. The highest BCUT2D eigenvalue weighted by Gasteiger charge is 2.25. The first-order valence-corrected chi connectivity index (χ1v) is 11.8. The summed E-state index contributed by atoms with van der Waals surface area (Å²) in [4.78, 5) is 27.8. The van der Waals surface area contributed by atoms with Crippen molar-refractivity contribution in [1.29, 1.82) is 10.8 Å². The Hall–Kier alpha value is -4.40. The monoisotopic (exact) mass is 486 g/mol. The third kappa shape index (κ3) is 5.46. The fourth-order valence-electron chi connectivity index (χ4n) is 4.43. The number of carbonyl (C=O) groups excluding carboxylic acids is 2. The number of fused-ring (bicyclic) bond motifs is 1. The summed E-state index contributed by atoms with van der Waals surface area (Å²) in [6.07, 6.45) is 2.69. The number of rotatable bonds is 6. The lowest BCUT2D eigenvalue weighted by Gasteiger charge is -2.36. The fraction of sp³-hybridized carbons (Fsp3) is 0.259. The Labute approximate surface area is 209 Å². The molecule has 4 rings (SSSR count). The van der Waals surface area contributed by atoms with E-state index in [1.54, 1.807) is 37.3 Å². The number of hydrogen-bond donors (Lipinski definition) is 4. The van der Waals surface area contributed by atoms with Crippen LogP contribution >= 0.6 is 0 Å². The average molecular weight is 487 g/mol. The van der Waals surface area contributed by atoms with E-state index in [2.05, 4.69) is 0 Å². The van der Waals surface area contributed by atoms with Crippen molar-refractivity contribution in [3.8, 4) is 5.75 Å². The quantitative estimate of drug-likeness (QED) is 0.239. The highest BCUT2D eigenvalue weighted by atomic mass is 16.5. The van der Waals surface area contributed by atoms with Gasteiger partial charge in [0.2, 0.25) is 0 Å². The summed E-state index contributed by atoms with van der Waals surface area (Å²) in [5.41, 5.74) is 12.9. The maximum atomic E-state index is 12.7. The van der Waals surface area contributed by atoms with Crippen LogP contribution in [0.25, 0.3) is 10.8 Å². The maximum Gasteiger partial charge on any atom is 0.316 e. The molecule has 3 aromatic carbocycles. The summed E-state index contributed by atoms with van der Waals surface area (Å²) in [6, 6.07) is 18.1. The van der Waals surface area contributed by atoms with Crippen LogP contribution in [-0.4, -0.2) is 41.2 Å². The molecule has 3 aromatic rings. The van der Waals surface area contributed by atoms with E-state index in [1.165, 1.54) is 4.90 Å². The summed E-state index contributed by atoms with van der Waals surface area (Å²) in [5.74, 6) is -0.804. The lowest BCUT2D eigenvalue weighted by atomic mass is 10.0. The van der Waals surface area contributed by atoms with E-state index < -0.39 is 11.8 Å². The molecule has 0 aromatic heterocycles. The van der Waals surface area contributed by atoms with E-state index in [1.807, 2.05) is 35.2 Å². The number of nitrogens with one attached hydrogen (secondary N) is 2. The third-order valence-corrected chi connectivity index (χ3v) is 6.31. The molecule has 1 saturated heterocycles. The molecular weight excluding hydrogens is 456 g/mol. The van der Waals surface area contributed by atoms with Crippen LogP contribution in [0, 0.1) is 10.8 Å². The molecule has 186 valence electrons. The second kappa shape index (κ2) is 10.5. The molecule has 0 bridgehead atoms.